The number of alkyl halides is 3. The van der Waals surface area contributed by atoms with Crippen LogP contribution in [0.25, 0.3) is 26.3 Å². The molecule has 0 amide bonds. The number of rotatable bonds is 6. The van der Waals surface area contributed by atoms with Crippen LogP contribution >= 0.6 is 22.9 Å². The normalized spacial score (nSPS) is 12.7. The maximum absolute atomic E-state index is 13.1. The summed E-state index contributed by atoms with van der Waals surface area (Å²) in [4.78, 5) is 18.3. The van der Waals surface area contributed by atoms with E-state index >= 15 is 0 Å². The average Bonchev–Trinajstić information content (AvgIpc) is 3.23. The lowest BCUT2D eigenvalue weighted by atomic mass is 10.2. The summed E-state index contributed by atoms with van der Waals surface area (Å²) in [6, 6.07) is 13.3. The van der Waals surface area contributed by atoms with Crippen LogP contribution in [0, 0.1) is 0 Å². The van der Waals surface area contributed by atoms with Gasteiger partial charge in [-0.3, -0.25) is 9.36 Å². The van der Waals surface area contributed by atoms with E-state index in [1.807, 2.05) is 18.2 Å². The molecule has 1 unspecified atom stereocenters. The second-order valence-electron chi connectivity index (χ2n) is 6.96. The number of fused-ring (bicyclic) bond motifs is 1. The molecule has 4 aromatic rings. The highest BCUT2D eigenvalue weighted by Crippen LogP contribution is 2.33. The third-order valence-corrected chi connectivity index (χ3v) is 6.18. The quantitative estimate of drug-likeness (QED) is 0.403. The minimum Gasteiger partial charge on any atom is -0.493 e. The van der Waals surface area contributed by atoms with E-state index in [0.29, 0.717) is 20.9 Å². The Morgan fingerprint density at radius 2 is 1.88 bits per heavy atom. The van der Waals surface area contributed by atoms with E-state index in [1.54, 1.807) is 12.1 Å². The van der Waals surface area contributed by atoms with Gasteiger partial charge in [0.1, 0.15) is 17.6 Å². The highest BCUT2D eigenvalue weighted by atomic mass is 35.5. The summed E-state index contributed by atoms with van der Waals surface area (Å²) in [6.07, 6.45) is -6.07. The van der Waals surface area contributed by atoms with Crippen molar-refractivity contribution in [2.45, 2.75) is 12.3 Å². The number of hydrogen-bond acceptors (Lipinski definition) is 6. The van der Waals surface area contributed by atoms with Gasteiger partial charge in [-0.05, 0) is 35.9 Å². The Labute approximate surface area is 194 Å². The van der Waals surface area contributed by atoms with Crippen LogP contribution in [0.4, 0.5) is 13.2 Å². The molecule has 2 aromatic carbocycles. The van der Waals surface area contributed by atoms with Crippen LogP contribution in [-0.4, -0.2) is 40.7 Å². The Balaban J connectivity index is 1.66. The number of aromatic nitrogens is 2. The summed E-state index contributed by atoms with van der Waals surface area (Å²) in [7, 11) is 1.31. The van der Waals surface area contributed by atoms with E-state index in [0.717, 1.165) is 10.4 Å². The molecular weight excluding hydrogens is 481 g/mol. The highest BCUT2D eigenvalue weighted by Gasteiger charge is 2.38. The fourth-order valence-electron chi connectivity index (χ4n) is 3.04. The van der Waals surface area contributed by atoms with Gasteiger partial charge >= 0.3 is 6.18 Å². The van der Waals surface area contributed by atoms with Gasteiger partial charge in [0, 0.05) is 16.0 Å². The maximum atomic E-state index is 13.1. The molecule has 0 saturated heterocycles. The Bertz CT molecular complexity index is 1350. The first-order chi connectivity index (χ1) is 15.7. The first-order valence-corrected chi connectivity index (χ1v) is 10.7. The molecule has 4 rings (SSSR count). The molecule has 2 aromatic heterocycles. The van der Waals surface area contributed by atoms with Crippen molar-refractivity contribution >= 4 is 33.2 Å². The molecular formula is C22H16ClF3N2O4S. The summed E-state index contributed by atoms with van der Waals surface area (Å²) < 4.78 is 49.5. The van der Waals surface area contributed by atoms with Gasteiger partial charge in [0.2, 0.25) is 0 Å². The highest BCUT2D eigenvalue weighted by molar-refractivity contribution is 7.22. The average molecular weight is 497 g/mol. The van der Waals surface area contributed by atoms with Gasteiger partial charge in [-0.2, -0.15) is 13.2 Å². The summed E-state index contributed by atoms with van der Waals surface area (Å²) in [5.41, 5.74) is 1.52. The summed E-state index contributed by atoms with van der Waals surface area (Å²) in [5.74, 6) is 0.0923. The molecule has 0 aliphatic carbocycles. The van der Waals surface area contributed by atoms with E-state index in [1.165, 1.54) is 47.5 Å². The zero-order valence-electron chi connectivity index (χ0n) is 17.0. The van der Waals surface area contributed by atoms with Crippen molar-refractivity contribution in [1.29, 1.82) is 0 Å². The molecule has 1 atom stereocenters. The molecule has 0 bridgehead atoms. The SMILES string of the molecule is COc1cc(-n2cnc3cc(-c4ccc(Cl)cc4)sc3c2=O)ccc1OCC(O)C(F)(F)F. The van der Waals surface area contributed by atoms with Crippen molar-refractivity contribution in [3.63, 3.8) is 0 Å². The first kappa shape index (κ1) is 23.1. The lowest BCUT2D eigenvalue weighted by Crippen LogP contribution is -2.34. The van der Waals surface area contributed by atoms with Crippen LogP contribution in [0.3, 0.4) is 0 Å². The number of aliphatic hydroxyl groups is 1. The molecule has 0 aliphatic rings. The third kappa shape index (κ3) is 4.82. The second-order valence-corrected chi connectivity index (χ2v) is 8.44. The van der Waals surface area contributed by atoms with Gasteiger partial charge in [-0.25, -0.2) is 4.98 Å². The molecule has 6 nitrogen and oxygen atoms in total. The monoisotopic (exact) mass is 496 g/mol. The van der Waals surface area contributed by atoms with Crippen molar-refractivity contribution in [3.8, 4) is 27.6 Å². The van der Waals surface area contributed by atoms with E-state index in [4.69, 9.17) is 26.2 Å². The zero-order chi connectivity index (χ0) is 23.8. The second kappa shape index (κ2) is 9.05. The standard InChI is InChI=1S/C22H16ClF3N2O4S/c1-31-17-8-14(6-7-16(17)32-10-19(29)22(24,25)26)28-11-27-15-9-18(33-20(15)21(28)30)12-2-4-13(23)5-3-12/h2-9,11,19,29H,10H2,1H3. The molecule has 0 saturated carbocycles. The number of methoxy groups -OCH3 is 1. The Morgan fingerprint density at radius 1 is 1.15 bits per heavy atom. The predicted octanol–water partition coefficient (Wildman–Crippen LogP) is 5.08. The predicted molar refractivity (Wildman–Crippen MR) is 120 cm³/mol. The minimum atomic E-state index is -4.80. The summed E-state index contributed by atoms with van der Waals surface area (Å²) >= 11 is 7.23. The zero-order valence-corrected chi connectivity index (χ0v) is 18.5. The third-order valence-electron chi connectivity index (χ3n) is 4.77. The van der Waals surface area contributed by atoms with Crippen molar-refractivity contribution in [2.75, 3.05) is 13.7 Å². The van der Waals surface area contributed by atoms with E-state index < -0.39 is 18.9 Å². The number of ether oxygens (including phenoxy) is 2. The van der Waals surface area contributed by atoms with Gasteiger partial charge < -0.3 is 14.6 Å². The van der Waals surface area contributed by atoms with Crippen LogP contribution in [0.2, 0.25) is 5.02 Å². The van der Waals surface area contributed by atoms with Gasteiger partial charge in [-0.15, -0.1) is 11.3 Å². The van der Waals surface area contributed by atoms with Crippen molar-refractivity contribution in [2.24, 2.45) is 0 Å². The molecule has 0 aliphatic heterocycles. The lowest BCUT2D eigenvalue weighted by molar-refractivity contribution is -0.210. The Morgan fingerprint density at radius 3 is 2.55 bits per heavy atom. The van der Waals surface area contributed by atoms with Crippen molar-refractivity contribution in [3.05, 3.63) is 70.2 Å². The molecule has 33 heavy (non-hydrogen) atoms. The van der Waals surface area contributed by atoms with Crippen LogP contribution in [0.1, 0.15) is 0 Å². The van der Waals surface area contributed by atoms with Gasteiger partial charge in [-0.1, -0.05) is 23.7 Å². The van der Waals surface area contributed by atoms with Crippen LogP contribution < -0.4 is 15.0 Å². The minimum absolute atomic E-state index is 0.00668. The smallest absolute Gasteiger partial charge is 0.417 e. The fourth-order valence-corrected chi connectivity index (χ4v) is 4.21. The number of hydrogen-bond donors (Lipinski definition) is 1. The lowest BCUT2D eigenvalue weighted by Gasteiger charge is -2.17. The molecule has 11 heteroatoms. The molecule has 2 heterocycles. The number of halogens is 4. The van der Waals surface area contributed by atoms with E-state index in [-0.39, 0.29) is 17.1 Å². The Hall–Kier alpha value is -3.08. The Kier molecular flexibility index (Phi) is 6.33. The van der Waals surface area contributed by atoms with Gasteiger partial charge in [0.25, 0.3) is 5.56 Å². The molecule has 0 radical (unpaired) electrons. The number of thiophene rings is 1. The number of aliphatic hydroxyl groups excluding tert-OH is 1. The summed E-state index contributed by atoms with van der Waals surface area (Å²) in [6.45, 7) is -0.991. The van der Waals surface area contributed by atoms with Crippen LogP contribution in [0.15, 0.2) is 59.7 Å². The van der Waals surface area contributed by atoms with Crippen molar-refractivity contribution < 1.29 is 27.8 Å². The van der Waals surface area contributed by atoms with Gasteiger partial charge in [0.05, 0.1) is 18.3 Å². The van der Waals surface area contributed by atoms with Crippen LogP contribution in [0.5, 0.6) is 11.5 Å². The van der Waals surface area contributed by atoms with Crippen LogP contribution in [-0.2, 0) is 0 Å². The number of benzene rings is 2. The van der Waals surface area contributed by atoms with E-state index in [2.05, 4.69) is 4.98 Å². The maximum Gasteiger partial charge on any atom is 0.417 e. The van der Waals surface area contributed by atoms with E-state index in [9.17, 15) is 18.0 Å². The topological polar surface area (TPSA) is 73.6 Å². The van der Waals surface area contributed by atoms with Gasteiger partial charge in [0.15, 0.2) is 17.6 Å². The van der Waals surface area contributed by atoms with Crippen molar-refractivity contribution in [1.82, 2.24) is 9.55 Å². The largest absolute Gasteiger partial charge is 0.493 e. The molecule has 172 valence electrons. The molecule has 0 fully saturated rings. The fraction of sp³-hybridized carbons (Fsp3) is 0.182. The number of nitrogens with zero attached hydrogens (tertiary/aromatic N) is 2. The molecule has 0 spiro atoms. The molecule has 1 N–H and O–H groups in total. The summed E-state index contributed by atoms with van der Waals surface area (Å²) in [5, 5.41) is 9.73. The first-order valence-electron chi connectivity index (χ1n) is 9.50.